The van der Waals surface area contributed by atoms with Gasteiger partial charge < -0.3 is 44.7 Å². The summed E-state index contributed by atoms with van der Waals surface area (Å²) in [4.78, 5) is 45.6. The first-order valence-electron chi connectivity index (χ1n) is 19.0. The number of phenolic OH excluding ortho intramolecular Hbond substituents is 2. The van der Waals surface area contributed by atoms with Crippen LogP contribution in [0.2, 0.25) is 0 Å². The van der Waals surface area contributed by atoms with Crippen LogP contribution in [-0.2, 0) is 23.8 Å². The van der Waals surface area contributed by atoms with Gasteiger partial charge in [-0.25, -0.2) is 4.98 Å². The third-order valence-corrected chi connectivity index (χ3v) is 11.5. The van der Waals surface area contributed by atoms with Crippen LogP contribution in [0.25, 0.3) is 27.5 Å². The molecule has 0 saturated heterocycles. The summed E-state index contributed by atoms with van der Waals surface area (Å²) in [6.45, 7) is 14.7. The average Bonchev–Trinajstić information content (AvgIpc) is 3.67. The Balaban J connectivity index is 1.58. The molecule has 4 bridgehead atoms. The number of ketones is 1. The number of rotatable bonds is 2. The molecule has 5 N–H and O–H groups in total. The van der Waals surface area contributed by atoms with Crippen molar-refractivity contribution in [2.45, 2.75) is 92.5 Å². The van der Waals surface area contributed by atoms with Gasteiger partial charge in [-0.1, -0.05) is 45.9 Å². The lowest BCUT2D eigenvalue weighted by molar-refractivity contribution is -0.160. The topological polar surface area (TPSA) is 198 Å². The van der Waals surface area contributed by atoms with Crippen molar-refractivity contribution in [1.82, 2.24) is 9.38 Å². The van der Waals surface area contributed by atoms with Gasteiger partial charge in [0.1, 0.15) is 40.0 Å². The molecule has 6 rings (SSSR count). The molecule has 2 aromatic heterocycles. The Morgan fingerprint density at radius 2 is 1.68 bits per heavy atom. The molecule has 14 heteroatoms. The van der Waals surface area contributed by atoms with Crippen LogP contribution in [0.3, 0.4) is 0 Å². The Labute approximate surface area is 330 Å². The molecule has 304 valence electrons. The zero-order valence-corrected chi connectivity index (χ0v) is 33.8. The number of aryl methyl sites for hydroxylation is 1. The number of Topliss-reactive ketones (excluding diaryl/α,β-unsaturated/α-hetero) is 1. The number of ether oxygens (including phenoxy) is 4. The fraction of sp³-hybridized carbons (Fsp3) is 0.442. The van der Waals surface area contributed by atoms with Gasteiger partial charge in [0.15, 0.2) is 5.75 Å². The molecule has 9 atom stereocenters. The zero-order valence-electron chi connectivity index (χ0n) is 33.8. The van der Waals surface area contributed by atoms with Gasteiger partial charge in [0, 0.05) is 67.3 Å². The van der Waals surface area contributed by atoms with Crippen LogP contribution in [0.5, 0.6) is 17.2 Å². The van der Waals surface area contributed by atoms with E-state index < -0.39 is 77.3 Å². The smallest absolute Gasteiger partial charge is 0.312 e. The molecule has 4 aromatic rings. The monoisotopic (exact) mass is 785 g/mol. The first-order chi connectivity index (χ1) is 26.8. The molecule has 2 aliphatic heterocycles. The van der Waals surface area contributed by atoms with Crippen molar-refractivity contribution in [2.75, 3.05) is 12.4 Å². The maximum atomic E-state index is 14.6. The molecule has 2 aliphatic rings. The van der Waals surface area contributed by atoms with Gasteiger partial charge >= 0.3 is 11.8 Å². The SMILES string of the molecule is CO[C@H]1/C=C/O[C@@]2(C)Oc3c(C)c(O)c4c(O)c(c5c(nc6cc(C)ccn65)c4c3C2=O)NC(=O)/C(C)=C\C=C\[C@H](C)C(O)[C@@H](C)[C@@H](O)[C@@H](C)[C@H](OC(C)=O)[C@@H]1C. The number of methoxy groups -OCH3 is 1. The maximum absolute atomic E-state index is 14.6. The van der Waals surface area contributed by atoms with Gasteiger partial charge in [-0.2, -0.15) is 0 Å². The van der Waals surface area contributed by atoms with E-state index in [1.165, 1.54) is 40.2 Å². The second kappa shape index (κ2) is 15.5. The number of benzene rings is 2. The standard InChI is InChI=1S/C43H51N3O11/c1-19-14-16-46-28(18-19)44-32-29-30-37(50)25(7)40-31(29)41(52)43(9,57-40)55-17-15-27(54-10)22(4)39(56-26(8)47)24(6)36(49)23(5)35(48)20(2)12-11-13-21(3)42(53)45-33(34(32)46)38(30)51/h11-18,20,22-24,27,35-36,39,48-51H,1-10H3,(H,45,53)/b12-11+,17-15+,21-13-/t20-,22+,23+,24+,27-,35?,36+,39+,43-/m0/s1. The van der Waals surface area contributed by atoms with Crippen molar-refractivity contribution >= 4 is 50.8 Å². The number of phenols is 2. The molecule has 0 aliphatic carbocycles. The highest BCUT2D eigenvalue weighted by molar-refractivity contribution is 6.28. The van der Waals surface area contributed by atoms with Crippen LogP contribution in [0.4, 0.5) is 5.69 Å². The van der Waals surface area contributed by atoms with E-state index in [1.54, 1.807) is 63.4 Å². The van der Waals surface area contributed by atoms with Gasteiger partial charge in [0.2, 0.25) is 0 Å². The lowest BCUT2D eigenvalue weighted by Gasteiger charge is -2.38. The van der Waals surface area contributed by atoms with Gasteiger partial charge in [-0.05, 0) is 44.5 Å². The number of aliphatic hydroxyl groups is 2. The third kappa shape index (κ3) is 7.10. The highest BCUT2D eigenvalue weighted by atomic mass is 16.7. The number of imidazole rings is 1. The van der Waals surface area contributed by atoms with E-state index in [0.29, 0.717) is 5.65 Å². The lowest BCUT2D eigenvalue weighted by atomic mass is 9.78. The maximum Gasteiger partial charge on any atom is 0.312 e. The second-order valence-corrected chi connectivity index (χ2v) is 15.6. The van der Waals surface area contributed by atoms with E-state index in [-0.39, 0.29) is 55.7 Å². The van der Waals surface area contributed by atoms with Crippen molar-refractivity contribution < 1.29 is 53.8 Å². The van der Waals surface area contributed by atoms with E-state index in [9.17, 15) is 34.8 Å². The van der Waals surface area contributed by atoms with Crippen LogP contribution in [0.15, 0.2) is 54.5 Å². The first kappa shape index (κ1) is 41.2. The predicted molar refractivity (Wildman–Crippen MR) is 213 cm³/mol. The largest absolute Gasteiger partial charge is 0.507 e. The minimum atomic E-state index is -1.96. The Bertz CT molecular complexity index is 2380. The quantitative estimate of drug-likeness (QED) is 0.115. The molecule has 1 amide bonds. The number of anilines is 1. The first-order valence-corrected chi connectivity index (χ1v) is 19.0. The number of carbonyl (C=O) groups excluding carboxylic acids is 3. The molecule has 0 saturated carbocycles. The molecule has 1 unspecified atom stereocenters. The number of hydrogen-bond acceptors (Lipinski definition) is 12. The van der Waals surface area contributed by atoms with Crippen LogP contribution >= 0.6 is 0 Å². The van der Waals surface area contributed by atoms with E-state index in [0.717, 1.165) is 5.56 Å². The summed E-state index contributed by atoms with van der Waals surface area (Å²) in [6, 6.07) is 3.64. The Morgan fingerprint density at radius 3 is 2.35 bits per heavy atom. The number of fused-ring (bicyclic) bond motifs is 2. The van der Waals surface area contributed by atoms with E-state index >= 15 is 0 Å². The number of esters is 1. The van der Waals surface area contributed by atoms with E-state index in [1.807, 2.05) is 19.1 Å². The van der Waals surface area contributed by atoms with Gasteiger partial charge in [-0.3, -0.25) is 18.8 Å². The predicted octanol–water partition coefficient (Wildman–Crippen LogP) is 6.16. The number of pyridine rings is 1. The molecule has 0 spiro atoms. The van der Waals surface area contributed by atoms with Crippen molar-refractivity contribution in [3.8, 4) is 17.2 Å². The molecule has 0 fully saturated rings. The zero-order chi connectivity index (χ0) is 41.8. The molecule has 57 heavy (non-hydrogen) atoms. The summed E-state index contributed by atoms with van der Waals surface area (Å²) < 4.78 is 25.5. The highest BCUT2D eigenvalue weighted by Gasteiger charge is 2.50. The number of nitrogens with zero attached hydrogens (tertiary/aromatic N) is 2. The second-order valence-electron chi connectivity index (χ2n) is 15.6. The number of amides is 1. The molecule has 0 radical (unpaired) electrons. The summed E-state index contributed by atoms with van der Waals surface area (Å²) >= 11 is 0. The minimum Gasteiger partial charge on any atom is -0.507 e. The summed E-state index contributed by atoms with van der Waals surface area (Å²) in [5.41, 5.74) is 2.18. The number of nitrogens with one attached hydrogen (secondary N) is 1. The number of aliphatic hydroxyl groups excluding tert-OH is 2. The van der Waals surface area contributed by atoms with Gasteiger partial charge in [-0.15, -0.1) is 0 Å². The van der Waals surface area contributed by atoms with Crippen molar-refractivity contribution in [3.63, 3.8) is 0 Å². The molecular weight excluding hydrogens is 734 g/mol. The number of aromatic nitrogens is 2. The Kier molecular flexibility index (Phi) is 11.2. The van der Waals surface area contributed by atoms with Crippen LogP contribution < -0.4 is 10.1 Å². The average molecular weight is 786 g/mol. The third-order valence-electron chi connectivity index (χ3n) is 11.5. The normalized spacial score (nSPS) is 30.8. The molecule has 2 aromatic carbocycles. The summed E-state index contributed by atoms with van der Waals surface area (Å²) in [5, 5.41) is 49.4. The van der Waals surface area contributed by atoms with Crippen LogP contribution in [0.1, 0.15) is 70.0 Å². The summed E-state index contributed by atoms with van der Waals surface area (Å²) in [7, 11) is 1.46. The van der Waals surface area contributed by atoms with Crippen LogP contribution in [0, 0.1) is 37.5 Å². The fourth-order valence-electron chi connectivity index (χ4n) is 8.03. The molecular formula is C43H51N3O11. The van der Waals surface area contributed by atoms with E-state index in [4.69, 9.17) is 23.9 Å². The Hall–Kier alpha value is -5.44. The van der Waals surface area contributed by atoms with E-state index in [2.05, 4.69) is 5.32 Å². The van der Waals surface area contributed by atoms with Gasteiger partial charge in [0.05, 0.1) is 35.5 Å². The molecule has 14 nitrogen and oxygen atoms in total. The van der Waals surface area contributed by atoms with Crippen LogP contribution in [-0.4, -0.2) is 84.8 Å². The number of allylic oxidation sites excluding steroid dienone is 2. The van der Waals surface area contributed by atoms with Crippen molar-refractivity contribution in [3.05, 3.63) is 71.2 Å². The number of aromatic hydroxyl groups is 2. The number of carbonyl (C=O) groups is 3. The highest BCUT2D eigenvalue weighted by Crippen LogP contribution is 2.54. The minimum absolute atomic E-state index is 0.0185. The number of hydrogen-bond donors (Lipinski definition) is 5. The van der Waals surface area contributed by atoms with Gasteiger partial charge in [0.25, 0.3) is 11.7 Å². The Morgan fingerprint density at radius 1 is 0.982 bits per heavy atom. The summed E-state index contributed by atoms with van der Waals surface area (Å²) in [5.74, 6) is -6.96. The molecule has 4 heterocycles. The van der Waals surface area contributed by atoms with Crippen molar-refractivity contribution in [1.29, 1.82) is 0 Å². The van der Waals surface area contributed by atoms with Crippen molar-refractivity contribution in [2.24, 2.45) is 23.7 Å². The lowest BCUT2D eigenvalue weighted by Crippen LogP contribution is -2.46. The summed E-state index contributed by atoms with van der Waals surface area (Å²) in [6.07, 6.45) is 5.62. The fourth-order valence-corrected chi connectivity index (χ4v) is 8.03.